The SMILES string of the molecule is CCOC(=O)/C=C/[C@H](CCC(N)=O)NC(=O)[C@H](Cc1ccccc1)n1cccc(NC(=O)C2CCCO2)c1=O. The molecule has 0 aliphatic carbocycles. The summed E-state index contributed by atoms with van der Waals surface area (Å²) in [5, 5.41) is 5.44. The molecule has 1 unspecified atom stereocenters. The Morgan fingerprint density at radius 3 is 2.62 bits per heavy atom. The van der Waals surface area contributed by atoms with E-state index in [1.807, 2.05) is 30.3 Å². The number of primary amides is 1. The fourth-order valence-electron chi connectivity index (χ4n) is 4.18. The number of amides is 3. The van der Waals surface area contributed by atoms with E-state index in [2.05, 4.69) is 10.6 Å². The van der Waals surface area contributed by atoms with Crippen LogP contribution in [0.25, 0.3) is 0 Å². The van der Waals surface area contributed by atoms with Crippen LogP contribution in [0.15, 0.2) is 65.6 Å². The zero-order chi connectivity index (χ0) is 28.2. The van der Waals surface area contributed by atoms with Crippen molar-refractivity contribution in [1.82, 2.24) is 9.88 Å². The zero-order valence-corrected chi connectivity index (χ0v) is 21.8. The van der Waals surface area contributed by atoms with E-state index < -0.39 is 47.4 Å². The molecule has 1 aromatic carbocycles. The number of rotatable bonds is 13. The third kappa shape index (κ3) is 8.92. The van der Waals surface area contributed by atoms with Crippen LogP contribution in [-0.4, -0.2) is 53.6 Å². The van der Waals surface area contributed by atoms with Crippen molar-refractivity contribution < 1.29 is 28.7 Å². The number of benzene rings is 1. The molecule has 11 nitrogen and oxygen atoms in total. The Bertz CT molecular complexity index is 1240. The number of nitrogens with two attached hydrogens (primary N) is 1. The Kier molecular flexibility index (Phi) is 11.0. The lowest BCUT2D eigenvalue weighted by Gasteiger charge is -2.23. The molecular formula is C28H34N4O7. The summed E-state index contributed by atoms with van der Waals surface area (Å²) in [6.45, 7) is 2.34. The van der Waals surface area contributed by atoms with Crippen molar-refractivity contribution in [2.24, 2.45) is 5.73 Å². The molecule has 1 fully saturated rings. The summed E-state index contributed by atoms with van der Waals surface area (Å²) in [4.78, 5) is 62.9. The predicted octanol–water partition coefficient (Wildman–Crippen LogP) is 1.62. The van der Waals surface area contributed by atoms with Crippen LogP contribution in [0.3, 0.4) is 0 Å². The number of ether oxygens (including phenoxy) is 2. The maximum absolute atomic E-state index is 13.6. The second-order valence-electron chi connectivity index (χ2n) is 9.06. The summed E-state index contributed by atoms with van der Waals surface area (Å²) in [7, 11) is 0. The Morgan fingerprint density at radius 2 is 1.95 bits per heavy atom. The van der Waals surface area contributed by atoms with Crippen molar-refractivity contribution >= 4 is 29.4 Å². The van der Waals surface area contributed by atoms with E-state index in [4.69, 9.17) is 15.2 Å². The van der Waals surface area contributed by atoms with Crippen molar-refractivity contribution in [2.45, 2.75) is 57.2 Å². The fourth-order valence-corrected chi connectivity index (χ4v) is 4.18. The van der Waals surface area contributed by atoms with E-state index in [0.717, 1.165) is 12.0 Å². The van der Waals surface area contributed by atoms with Gasteiger partial charge in [0.1, 0.15) is 17.8 Å². The minimum Gasteiger partial charge on any atom is -0.463 e. The molecule has 0 saturated carbocycles. The number of pyridine rings is 1. The number of nitrogens with one attached hydrogen (secondary N) is 2. The number of nitrogens with zero attached hydrogens (tertiary/aromatic N) is 1. The smallest absolute Gasteiger partial charge is 0.330 e. The Hall–Kier alpha value is -4.25. The van der Waals surface area contributed by atoms with E-state index in [1.165, 1.54) is 29.0 Å². The highest BCUT2D eigenvalue weighted by atomic mass is 16.5. The number of esters is 1. The quantitative estimate of drug-likeness (QED) is 0.258. The van der Waals surface area contributed by atoms with Gasteiger partial charge < -0.3 is 30.4 Å². The van der Waals surface area contributed by atoms with Crippen LogP contribution in [-0.2, 0) is 35.1 Å². The van der Waals surface area contributed by atoms with Crippen molar-refractivity contribution in [3.63, 3.8) is 0 Å². The molecule has 208 valence electrons. The first-order valence-corrected chi connectivity index (χ1v) is 12.9. The summed E-state index contributed by atoms with van der Waals surface area (Å²) in [5.74, 6) is -2.10. The summed E-state index contributed by atoms with van der Waals surface area (Å²) in [6.07, 6.45) is 5.06. The lowest BCUT2D eigenvalue weighted by molar-refractivity contribution is -0.137. The van der Waals surface area contributed by atoms with Crippen molar-refractivity contribution in [3.05, 3.63) is 76.7 Å². The molecule has 39 heavy (non-hydrogen) atoms. The highest BCUT2D eigenvalue weighted by Gasteiger charge is 2.27. The number of carbonyl (C=O) groups is 4. The minimum absolute atomic E-state index is 0.0244. The highest BCUT2D eigenvalue weighted by molar-refractivity contribution is 5.94. The van der Waals surface area contributed by atoms with E-state index in [-0.39, 0.29) is 31.6 Å². The topological polar surface area (TPSA) is 159 Å². The molecule has 1 aliphatic rings. The molecule has 3 rings (SSSR count). The second kappa shape index (κ2) is 14.6. The maximum Gasteiger partial charge on any atom is 0.330 e. The van der Waals surface area contributed by atoms with Gasteiger partial charge in [0, 0.05) is 37.8 Å². The van der Waals surface area contributed by atoms with Crippen LogP contribution in [0.2, 0.25) is 0 Å². The van der Waals surface area contributed by atoms with Gasteiger partial charge in [0.15, 0.2) is 0 Å². The van der Waals surface area contributed by atoms with Crippen LogP contribution < -0.4 is 21.9 Å². The molecule has 3 amide bonds. The van der Waals surface area contributed by atoms with Gasteiger partial charge in [-0.05, 0) is 43.9 Å². The third-order valence-electron chi connectivity index (χ3n) is 6.15. The normalized spacial score (nSPS) is 16.4. The number of hydrogen-bond donors (Lipinski definition) is 3. The molecule has 1 aromatic heterocycles. The number of hydrogen-bond acceptors (Lipinski definition) is 7. The van der Waals surface area contributed by atoms with Gasteiger partial charge in [-0.2, -0.15) is 0 Å². The summed E-state index contributed by atoms with van der Waals surface area (Å²) >= 11 is 0. The van der Waals surface area contributed by atoms with E-state index in [0.29, 0.717) is 13.0 Å². The lowest BCUT2D eigenvalue weighted by Crippen LogP contribution is -2.43. The number of anilines is 1. The summed E-state index contributed by atoms with van der Waals surface area (Å²) in [5.41, 5.74) is 5.56. The van der Waals surface area contributed by atoms with Gasteiger partial charge in [-0.15, -0.1) is 0 Å². The minimum atomic E-state index is -1.01. The molecule has 1 saturated heterocycles. The predicted molar refractivity (Wildman–Crippen MR) is 144 cm³/mol. The Labute approximate surface area is 226 Å². The largest absolute Gasteiger partial charge is 0.463 e. The molecule has 11 heteroatoms. The second-order valence-corrected chi connectivity index (χ2v) is 9.06. The highest BCUT2D eigenvalue weighted by Crippen LogP contribution is 2.17. The van der Waals surface area contributed by atoms with Gasteiger partial charge >= 0.3 is 5.97 Å². The Morgan fingerprint density at radius 1 is 1.18 bits per heavy atom. The first-order chi connectivity index (χ1) is 18.8. The average Bonchev–Trinajstić information content (AvgIpc) is 3.46. The average molecular weight is 539 g/mol. The molecule has 1 aliphatic heterocycles. The van der Waals surface area contributed by atoms with Gasteiger partial charge in [-0.1, -0.05) is 36.4 Å². The fraction of sp³-hybridized carbons (Fsp3) is 0.393. The van der Waals surface area contributed by atoms with Gasteiger partial charge in [-0.25, -0.2) is 4.79 Å². The monoisotopic (exact) mass is 538 g/mol. The van der Waals surface area contributed by atoms with Crippen LogP contribution in [0.5, 0.6) is 0 Å². The molecule has 4 N–H and O–H groups in total. The lowest BCUT2D eigenvalue weighted by atomic mass is 10.0. The van der Waals surface area contributed by atoms with Crippen LogP contribution in [0, 0.1) is 0 Å². The first-order valence-electron chi connectivity index (χ1n) is 12.9. The van der Waals surface area contributed by atoms with Crippen LogP contribution in [0.4, 0.5) is 5.69 Å². The van der Waals surface area contributed by atoms with Crippen molar-refractivity contribution in [2.75, 3.05) is 18.5 Å². The zero-order valence-electron chi connectivity index (χ0n) is 21.8. The van der Waals surface area contributed by atoms with E-state index in [9.17, 15) is 24.0 Å². The third-order valence-corrected chi connectivity index (χ3v) is 6.15. The molecule has 3 atom stereocenters. The van der Waals surface area contributed by atoms with Gasteiger partial charge in [-0.3, -0.25) is 19.2 Å². The molecule has 0 spiro atoms. The van der Waals surface area contributed by atoms with E-state index in [1.54, 1.807) is 13.0 Å². The van der Waals surface area contributed by atoms with Gasteiger partial charge in [0.05, 0.1) is 6.61 Å². The van der Waals surface area contributed by atoms with E-state index >= 15 is 0 Å². The molecule has 2 heterocycles. The molecule has 0 radical (unpaired) electrons. The maximum atomic E-state index is 13.6. The van der Waals surface area contributed by atoms with Crippen molar-refractivity contribution in [3.8, 4) is 0 Å². The first kappa shape index (κ1) is 29.3. The van der Waals surface area contributed by atoms with Gasteiger partial charge in [0.2, 0.25) is 11.8 Å². The summed E-state index contributed by atoms with van der Waals surface area (Å²) < 4.78 is 11.6. The molecule has 2 aromatic rings. The number of carbonyl (C=O) groups excluding carboxylic acids is 4. The van der Waals surface area contributed by atoms with Gasteiger partial charge in [0.25, 0.3) is 11.5 Å². The molecule has 0 bridgehead atoms. The summed E-state index contributed by atoms with van der Waals surface area (Å²) in [6, 6.07) is 10.5. The van der Waals surface area contributed by atoms with Crippen molar-refractivity contribution in [1.29, 1.82) is 0 Å². The molecular weight excluding hydrogens is 504 g/mol. The Balaban J connectivity index is 1.89. The number of aromatic nitrogens is 1. The standard InChI is InChI=1S/C28H34N4O7/c1-2-38-25(34)15-13-20(12-14-24(29)33)30-26(35)22(18-19-8-4-3-5-9-19)32-16-6-10-21(28(32)37)31-27(36)23-11-7-17-39-23/h3-6,8-10,13,15-16,20,22-23H,2,7,11-12,14,17-18H2,1H3,(H2,29,33)(H,30,35)(H,31,36)/b15-13+/t20-,22-,23?/m0/s1. The van der Waals surface area contributed by atoms with Crippen LogP contribution >= 0.6 is 0 Å². The van der Waals surface area contributed by atoms with Crippen LogP contribution in [0.1, 0.15) is 44.2 Å².